The van der Waals surface area contributed by atoms with Crippen LogP contribution in [0.3, 0.4) is 0 Å². The Labute approximate surface area is 120 Å². The standard InChI is InChI=1S/C17H22N2O/c1-16(2)14-8-9-17(16,3)15(20)13(14)10-19-12-6-4-11(18)5-7-12/h4-7,10,14,19H,8-9,18H2,1-3H3/b13-10+/t14-,17+/m0/s1. The number of fused-ring (bicyclic) bond motifs is 2. The molecule has 1 aromatic carbocycles. The smallest absolute Gasteiger partial charge is 0.167 e. The van der Waals surface area contributed by atoms with Crippen LogP contribution in [0.2, 0.25) is 0 Å². The molecule has 20 heavy (non-hydrogen) atoms. The molecule has 2 aliphatic rings. The van der Waals surface area contributed by atoms with Crippen molar-refractivity contribution in [2.24, 2.45) is 16.7 Å². The van der Waals surface area contributed by atoms with Crippen molar-refractivity contribution in [2.45, 2.75) is 33.6 Å². The van der Waals surface area contributed by atoms with Crippen molar-refractivity contribution in [3.63, 3.8) is 0 Å². The second kappa shape index (κ2) is 4.11. The van der Waals surface area contributed by atoms with Crippen molar-refractivity contribution < 1.29 is 4.79 Å². The van der Waals surface area contributed by atoms with Gasteiger partial charge in [0.2, 0.25) is 0 Å². The van der Waals surface area contributed by atoms with Crippen LogP contribution < -0.4 is 11.1 Å². The van der Waals surface area contributed by atoms with Crippen molar-refractivity contribution in [3.05, 3.63) is 36.0 Å². The zero-order chi connectivity index (χ0) is 14.5. The van der Waals surface area contributed by atoms with E-state index in [0.717, 1.165) is 29.8 Å². The van der Waals surface area contributed by atoms with Gasteiger partial charge in [-0.05, 0) is 48.4 Å². The molecule has 3 rings (SSSR count). The minimum atomic E-state index is -0.188. The number of anilines is 2. The fraction of sp³-hybridized carbons (Fsp3) is 0.471. The van der Waals surface area contributed by atoms with E-state index in [-0.39, 0.29) is 10.8 Å². The third-order valence-corrected chi connectivity index (χ3v) is 5.67. The highest BCUT2D eigenvalue weighted by molar-refractivity contribution is 6.04. The minimum Gasteiger partial charge on any atom is -0.399 e. The van der Waals surface area contributed by atoms with E-state index in [9.17, 15) is 4.79 Å². The Morgan fingerprint density at radius 1 is 1.25 bits per heavy atom. The molecular weight excluding hydrogens is 248 g/mol. The van der Waals surface area contributed by atoms with Gasteiger partial charge in [0.25, 0.3) is 0 Å². The summed E-state index contributed by atoms with van der Waals surface area (Å²) < 4.78 is 0. The summed E-state index contributed by atoms with van der Waals surface area (Å²) in [4.78, 5) is 12.7. The molecule has 0 aliphatic heterocycles. The Kier molecular flexibility index (Phi) is 2.72. The number of allylic oxidation sites excluding steroid dienone is 1. The van der Waals surface area contributed by atoms with E-state index in [2.05, 4.69) is 26.1 Å². The van der Waals surface area contributed by atoms with E-state index in [1.165, 1.54) is 0 Å². The number of carbonyl (C=O) groups is 1. The number of nitrogens with one attached hydrogen (secondary N) is 1. The van der Waals surface area contributed by atoms with Crippen molar-refractivity contribution >= 4 is 17.2 Å². The second-order valence-electron chi connectivity index (χ2n) is 6.84. The van der Waals surface area contributed by atoms with E-state index in [1.807, 2.05) is 30.5 Å². The molecule has 2 saturated carbocycles. The Morgan fingerprint density at radius 3 is 2.45 bits per heavy atom. The van der Waals surface area contributed by atoms with Crippen LogP contribution in [0.5, 0.6) is 0 Å². The maximum absolute atomic E-state index is 12.7. The van der Waals surface area contributed by atoms with Gasteiger partial charge >= 0.3 is 0 Å². The van der Waals surface area contributed by atoms with Crippen molar-refractivity contribution in [3.8, 4) is 0 Å². The number of hydrogen-bond donors (Lipinski definition) is 2. The molecule has 2 atom stereocenters. The SMILES string of the molecule is CC1(C)[C@H]2CC[C@]1(C)C(=O)/C2=C/Nc1ccc(N)cc1. The van der Waals surface area contributed by atoms with Gasteiger partial charge in [0.05, 0.1) is 0 Å². The summed E-state index contributed by atoms with van der Waals surface area (Å²) in [6.45, 7) is 6.58. The summed E-state index contributed by atoms with van der Waals surface area (Å²) in [6.07, 6.45) is 4.04. The Bertz CT molecular complexity index is 586. The predicted molar refractivity (Wildman–Crippen MR) is 82.2 cm³/mol. The molecular formula is C17H22N2O. The van der Waals surface area contributed by atoms with Gasteiger partial charge in [-0.25, -0.2) is 0 Å². The highest BCUT2D eigenvalue weighted by Crippen LogP contribution is 2.65. The summed E-state index contributed by atoms with van der Waals surface area (Å²) in [5.41, 5.74) is 8.22. The summed E-state index contributed by atoms with van der Waals surface area (Å²) in [5, 5.41) is 3.25. The van der Waals surface area contributed by atoms with Gasteiger partial charge < -0.3 is 11.1 Å². The fourth-order valence-electron chi connectivity index (χ4n) is 3.83. The molecule has 0 saturated heterocycles. The number of ketones is 1. The number of nitrogen functional groups attached to an aromatic ring is 1. The topological polar surface area (TPSA) is 55.1 Å². The zero-order valence-corrected chi connectivity index (χ0v) is 12.4. The van der Waals surface area contributed by atoms with Gasteiger partial charge in [-0.1, -0.05) is 20.8 Å². The third-order valence-electron chi connectivity index (χ3n) is 5.67. The van der Waals surface area contributed by atoms with Crippen molar-refractivity contribution in [1.29, 1.82) is 0 Å². The van der Waals surface area contributed by atoms with E-state index >= 15 is 0 Å². The second-order valence-corrected chi connectivity index (χ2v) is 6.84. The van der Waals surface area contributed by atoms with E-state index in [1.54, 1.807) is 0 Å². The average Bonchev–Trinajstić information content (AvgIpc) is 2.71. The molecule has 2 bridgehead atoms. The number of benzene rings is 1. The number of Topliss-reactive ketones (excluding diaryl/α,β-unsaturated/α-hetero) is 1. The highest BCUT2D eigenvalue weighted by atomic mass is 16.1. The molecule has 2 fully saturated rings. The lowest BCUT2D eigenvalue weighted by Crippen LogP contribution is -2.32. The van der Waals surface area contributed by atoms with Crippen LogP contribution in [-0.4, -0.2) is 5.78 Å². The van der Waals surface area contributed by atoms with Gasteiger partial charge in [0.1, 0.15) is 0 Å². The molecule has 0 radical (unpaired) electrons. The molecule has 3 N–H and O–H groups in total. The van der Waals surface area contributed by atoms with Crippen LogP contribution in [0.1, 0.15) is 33.6 Å². The van der Waals surface area contributed by atoms with Gasteiger partial charge in [-0.3, -0.25) is 4.79 Å². The molecule has 0 heterocycles. The minimum absolute atomic E-state index is 0.0682. The van der Waals surface area contributed by atoms with Crippen molar-refractivity contribution in [1.82, 2.24) is 0 Å². The molecule has 0 spiro atoms. The first kappa shape index (κ1) is 13.2. The van der Waals surface area contributed by atoms with Gasteiger partial charge in [-0.15, -0.1) is 0 Å². The molecule has 0 amide bonds. The van der Waals surface area contributed by atoms with Crippen LogP contribution in [0.15, 0.2) is 36.0 Å². The fourth-order valence-corrected chi connectivity index (χ4v) is 3.83. The molecule has 3 heteroatoms. The summed E-state index contributed by atoms with van der Waals surface area (Å²) >= 11 is 0. The first-order valence-corrected chi connectivity index (χ1v) is 7.23. The Hall–Kier alpha value is -1.77. The van der Waals surface area contributed by atoms with Crippen molar-refractivity contribution in [2.75, 3.05) is 11.1 Å². The van der Waals surface area contributed by atoms with Gasteiger partial charge in [-0.2, -0.15) is 0 Å². The number of rotatable bonds is 2. The number of carbonyl (C=O) groups excluding carboxylic acids is 1. The average molecular weight is 270 g/mol. The maximum atomic E-state index is 12.7. The van der Waals surface area contributed by atoms with Gasteiger partial charge in [0.15, 0.2) is 5.78 Å². The number of nitrogens with two attached hydrogens (primary N) is 1. The molecule has 1 aromatic rings. The quantitative estimate of drug-likeness (QED) is 0.638. The molecule has 2 aliphatic carbocycles. The van der Waals surface area contributed by atoms with E-state index in [4.69, 9.17) is 5.73 Å². The molecule has 0 unspecified atom stereocenters. The van der Waals surface area contributed by atoms with Crippen LogP contribution in [-0.2, 0) is 4.79 Å². The number of hydrogen-bond acceptors (Lipinski definition) is 3. The first-order valence-electron chi connectivity index (χ1n) is 7.23. The monoisotopic (exact) mass is 270 g/mol. The first-order chi connectivity index (χ1) is 9.36. The molecule has 106 valence electrons. The predicted octanol–water partition coefficient (Wildman–Crippen LogP) is 3.59. The van der Waals surface area contributed by atoms with Crippen LogP contribution >= 0.6 is 0 Å². The maximum Gasteiger partial charge on any atom is 0.167 e. The normalized spacial score (nSPS) is 32.9. The Balaban J connectivity index is 1.87. The van der Waals surface area contributed by atoms with Crippen LogP contribution in [0.25, 0.3) is 0 Å². The highest BCUT2D eigenvalue weighted by Gasteiger charge is 2.63. The molecule has 0 aromatic heterocycles. The Morgan fingerprint density at radius 2 is 1.90 bits per heavy atom. The van der Waals surface area contributed by atoms with Crippen LogP contribution in [0, 0.1) is 16.7 Å². The lowest BCUT2D eigenvalue weighted by atomic mass is 9.70. The lowest BCUT2D eigenvalue weighted by molar-refractivity contribution is -0.125. The van der Waals surface area contributed by atoms with Crippen LogP contribution in [0.4, 0.5) is 11.4 Å². The zero-order valence-electron chi connectivity index (χ0n) is 12.4. The van der Waals surface area contributed by atoms with E-state index < -0.39 is 0 Å². The summed E-state index contributed by atoms with van der Waals surface area (Å²) in [6, 6.07) is 7.57. The molecule has 3 nitrogen and oxygen atoms in total. The lowest BCUT2D eigenvalue weighted by Gasteiger charge is -2.31. The third kappa shape index (κ3) is 1.62. The summed E-state index contributed by atoms with van der Waals surface area (Å²) in [7, 11) is 0. The summed E-state index contributed by atoms with van der Waals surface area (Å²) in [5.74, 6) is 0.697. The van der Waals surface area contributed by atoms with Gasteiger partial charge in [0, 0.05) is 28.6 Å². The van der Waals surface area contributed by atoms with E-state index in [0.29, 0.717) is 11.7 Å². The largest absolute Gasteiger partial charge is 0.399 e.